The smallest absolute Gasteiger partial charge is 0.224 e. The Morgan fingerprint density at radius 2 is 1.33 bits per heavy atom. The van der Waals surface area contributed by atoms with E-state index in [1.807, 2.05) is 36.4 Å². The summed E-state index contributed by atoms with van der Waals surface area (Å²) in [5, 5.41) is 13.5. The average Bonchev–Trinajstić information content (AvgIpc) is 2.71. The molecule has 0 aliphatic rings. The number of nitrogens with zero attached hydrogens (tertiary/aromatic N) is 1. The van der Waals surface area contributed by atoms with Crippen LogP contribution in [-0.2, 0) is 9.84 Å². The van der Waals surface area contributed by atoms with Crippen molar-refractivity contribution in [1.29, 1.82) is 0 Å². The number of sulfone groups is 1. The Kier molecular flexibility index (Phi) is 4.16. The van der Waals surface area contributed by atoms with Crippen molar-refractivity contribution in [3.8, 4) is 11.1 Å². The fourth-order valence-electron chi connectivity index (χ4n) is 3.38. The predicted molar refractivity (Wildman–Crippen MR) is 105 cm³/mol. The molecular weight excluding hydrogens is 358 g/mol. The zero-order valence-corrected chi connectivity index (χ0v) is 15.5. The van der Waals surface area contributed by atoms with E-state index < -0.39 is 9.84 Å². The summed E-state index contributed by atoms with van der Waals surface area (Å²) in [6.07, 6.45) is 0. The van der Waals surface area contributed by atoms with E-state index in [1.54, 1.807) is 55.5 Å². The number of hydrogen-bond donors (Lipinski definition) is 0. The molecule has 4 rings (SSSR count). The molecule has 1 aromatic heterocycles. The molecule has 27 heavy (non-hydrogen) atoms. The molecule has 0 N–H and O–H groups in total. The van der Waals surface area contributed by atoms with Gasteiger partial charge in [0, 0.05) is 18.6 Å². The molecule has 0 aliphatic carbocycles. The van der Waals surface area contributed by atoms with Crippen molar-refractivity contribution in [3.63, 3.8) is 0 Å². The van der Waals surface area contributed by atoms with Crippen molar-refractivity contribution in [2.45, 2.75) is 16.7 Å². The Morgan fingerprint density at radius 1 is 0.778 bits per heavy atom. The zero-order chi connectivity index (χ0) is 19.0. The quantitative estimate of drug-likeness (QED) is 0.397. The number of fused-ring (bicyclic) bond motifs is 1. The molecule has 0 radical (unpaired) electrons. The maximum Gasteiger partial charge on any atom is 0.224 e. The van der Waals surface area contributed by atoms with Gasteiger partial charge in [-0.2, -0.15) is 4.73 Å². The van der Waals surface area contributed by atoms with Gasteiger partial charge in [0.2, 0.25) is 21.0 Å². The highest BCUT2D eigenvalue weighted by Gasteiger charge is 2.31. The highest BCUT2D eigenvalue weighted by molar-refractivity contribution is 7.91. The number of hydrogen-bond acceptors (Lipinski definition) is 3. The Morgan fingerprint density at radius 3 is 2.00 bits per heavy atom. The second-order valence-corrected chi connectivity index (χ2v) is 8.17. The van der Waals surface area contributed by atoms with E-state index >= 15 is 0 Å². The Hall–Kier alpha value is -3.18. The first-order valence-electron chi connectivity index (χ1n) is 8.52. The van der Waals surface area contributed by atoms with Crippen LogP contribution in [0.3, 0.4) is 0 Å². The van der Waals surface area contributed by atoms with Gasteiger partial charge in [-0.15, -0.1) is 0 Å². The van der Waals surface area contributed by atoms with Crippen molar-refractivity contribution in [1.82, 2.24) is 0 Å². The van der Waals surface area contributed by atoms with Gasteiger partial charge in [0.05, 0.1) is 10.3 Å². The lowest BCUT2D eigenvalue weighted by Gasteiger charge is -2.17. The molecule has 4 aromatic rings. The van der Waals surface area contributed by atoms with Gasteiger partial charge in [0.1, 0.15) is 4.90 Å². The van der Waals surface area contributed by atoms with E-state index in [0.717, 1.165) is 5.56 Å². The third-order valence-electron chi connectivity index (χ3n) is 4.64. The summed E-state index contributed by atoms with van der Waals surface area (Å²) in [5.74, 6) is 0. The van der Waals surface area contributed by atoms with Crippen molar-refractivity contribution < 1.29 is 13.1 Å². The standard InChI is InChI=1S/C22H17NO3S/c1-16-22(27(25,26)18-12-6-3-7-13-18)21(17-10-4-2-5-11-17)19-14-8-9-15-20(19)23(16)24/h2-15H,1H3. The van der Waals surface area contributed by atoms with Gasteiger partial charge in [0.15, 0.2) is 0 Å². The lowest BCUT2D eigenvalue weighted by molar-refractivity contribution is -0.586. The molecule has 5 heteroatoms. The third kappa shape index (κ3) is 2.76. The lowest BCUT2D eigenvalue weighted by Crippen LogP contribution is -2.33. The second-order valence-electron chi connectivity index (χ2n) is 6.28. The van der Waals surface area contributed by atoms with Crippen LogP contribution in [0.5, 0.6) is 0 Å². The molecule has 0 fully saturated rings. The molecule has 1 heterocycles. The number of benzene rings is 3. The van der Waals surface area contributed by atoms with Crippen LogP contribution in [0.15, 0.2) is 94.7 Å². The van der Waals surface area contributed by atoms with E-state index in [0.29, 0.717) is 21.2 Å². The monoisotopic (exact) mass is 375 g/mol. The lowest BCUT2D eigenvalue weighted by atomic mass is 10.00. The molecule has 3 aromatic carbocycles. The van der Waals surface area contributed by atoms with Gasteiger partial charge in [0.25, 0.3) is 0 Å². The highest BCUT2D eigenvalue weighted by Crippen LogP contribution is 2.37. The first-order valence-corrected chi connectivity index (χ1v) is 10.0. The van der Waals surface area contributed by atoms with Gasteiger partial charge >= 0.3 is 0 Å². The van der Waals surface area contributed by atoms with Crippen LogP contribution in [0.25, 0.3) is 22.0 Å². The third-order valence-corrected chi connectivity index (χ3v) is 6.57. The van der Waals surface area contributed by atoms with Crippen molar-refractivity contribution in [2.75, 3.05) is 0 Å². The van der Waals surface area contributed by atoms with Crippen LogP contribution < -0.4 is 4.73 Å². The topological polar surface area (TPSA) is 61.1 Å². The fraction of sp³-hybridized carbons (Fsp3) is 0.0455. The van der Waals surface area contributed by atoms with Crippen LogP contribution in [0.4, 0.5) is 0 Å². The summed E-state index contributed by atoms with van der Waals surface area (Å²) in [6.45, 7) is 1.56. The largest absolute Gasteiger partial charge is 0.618 e. The Balaban J connectivity index is 2.20. The van der Waals surface area contributed by atoms with E-state index in [-0.39, 0.29) is 15.5 Å². The van der Waals surface area contributed by atoms with Gasteiger partial charge in [-0.1, -0.05) is 60.7 Å². The molecule has 0 saturated heterocycles. The first-order chi connectivity index (χ1) is 13.0. The minimum absolute atomic E-state index is 0.0496. The molecule has 0 bridgehead atoms. The number of aromatic nitrogens is 1. The van der Waals surface area contributed by atoms with E-state index in [2.05, 4.69) is 0 Å². The number of para-hydroxylation sites is 1. The summed E-state index contributed by atoms with van der Waals surface area (Å²) in [4.78, 5) is 0.217. The van der Waals surface area contributed by atoms with Crippen molar-refractivity contribution >= 4 is 20.7 Å². The average molecular weight is 375 g/mol. The summed E-state index contributed by atoms with van der Waals surface area (Å²) < 4.78 is 27.7. The minimum Gasteiger partial charge on any atom is -0.618 e. The van der Waals surface area contributed by atoms with Crippen LogP contribution >= 0.6 is 0 Å². The van der Waals surface area contributed by atoms with E-state index in [4.69, 9.17) is 0 Å². The van der Waals surface area contributed by atoms with Crippen LogP contribution in [0.1, 0.15) is 5.69 Å². The van der Waals surface area contributed by atoms with Gasteiger partial charge < -0.3 is 5.21 Å². The summed E-state index contributed by atoms with van der Waals surface area (Å²) in [5.41, 5.74) is 1.92. The molecule has 0 amide bonds. The van der Waals surface area contributed by atoms with Crippen molar-refractivity contribution in [2.24, 2.45) is 0 Å². The molecule has 4 nitrogen and oxygen atoms in total. The summed E-state index contributed by atoms with van der Waals surface area (Å²) >= 11 is 0. The molecule has 0 saturated carbocycles. The summed E-state index contributed by atoms with van der Waals surface area (Å²) in [6, 6.07) is 24.6. The van der Waals surface area contributed by atoms with Gasteiger partial charge in [-0.25, -0.2) is 8.42 Å². The minimum atomic E-state index is -3.88. The highest BCUT2D eigenvalue weighted by atomic mass is 32.2. The van der Waals surface area contributed by atoms with Crippen LogP contribution in [0, 0.1) is 12.1 Å². The first kappa shape index (κ1) is 17.2. The van der Waals surface area contributed by atoms with Crippen molar-refractivity contribution in [3.05, 3.63) is 95.8 Å². The maximum atomic E-state index is 13.5. The number of rotatable bonds is 3. The van der Waals surface area contributed by atoms with E-state index in [9.17, 15) is 13.6 Å². The van der Waals surface area contributed by atoms with Crippen LogP contribution in [0.2, 0.25) is 0 Å². The molecule has 0 unspecified atom stereocenters. The molecule has 0 aliphatic heterocycles. The van der Waals surface area contributed by atoms with Crippen LogP contribution in [-0.4, -0.2) is 8.42 Å². The fourth-order valence-corrected chi connectivity index (χ4v) is 5.10. The molecule has 0 atom stereocenters. The summed E-state index contributed by atoms with van der Waals surface area (Å²) in [7, 11) is -3.88. The van der Waals surface area contributed by atoms with E-state index in [1.165, 1.54) is 0 Å². The zero-order valence-electron chi connectivity index (χ0n) is 14.7. The maximum absolute atomic E-state index is 13.5. The SMILES string of the molecule is Cc1c(S(=O)(=O)c2ccccc2)c(-c2ccccc2)c2ccccc2[n+]1[O-]. The Labute approximate surface area is 157 Å². The predicted octanol–water partition coefficient (Wildman–Crippen LogP) is 4.28. The van der Waals surface area contributed by atoms with Gasteiger partial charge in [-0.3, -0.25) is 0 Å². The van der Waals surface area contributed by atoms with Gasteiger partial charge in [-0.05, 0) is 23.8 Å². The normalized spacial score (nSPS) is 11.6. The number of pyridine rings is 1. The molecular formula is C22H17NO3S. The molecule has 0 spiro atoms. The molecule has 134 valence electrons. The Bertz CT molecular complexity index is 1240. The second kappa shape index (κ2) is 6.52.